The Balaban J connectivity index is 2.08. The Hall–Kier alpha value is -3.13. The van der Waals surface area contributed by atoms with Gasteiger partial charge in [-0.05, 0) is 52.7 Å². The third-order valence-electron chi connectivity index (χ3n) is 4.24. The van der Waals surface area contributed by atoms with E-state index in [4.69, 9.17) is 5.73 Å². The molecule has 0 fully saturated rings. The summed E-state index contributed by atoms with van der Waals surface area (Å²) in [6.07, 6.45) is -1.68. The molecule has 11 heteroatoms. The van der Waals surface area contributed by atoms with Gasteiger partial charge in [0.05, 0.1) is 18.0 Å². The van der Waals surface area contributed by atoms with E-state index >= 15 is 0 Å². The average Bonchev–Trinajstić information content (AvgIpc) is 3.03. The van der Waals surface area contributed by atoms with Gasteiger partial charge in [0, 0.05) is 23.3 Å². The molecule has 3 rings (SSSR count). The van der Waals surface area contributed by atoms with Gasteiger partial charge < -0.3 is 10.5 Å². The second-order valence-corrected chi connectivity index (χ2v) is 7.18. The van der Waals surface area contributed by atoms with Crippen molar-refractivity contribution in [3.63, 3.8) is 0 Å². The maximum absolute atomic E-state index is 12.6. The highest BCUT2D eigenvalue weighted by Gasteiger charge is 2.35. The van der Waals surface area contributed by atoms with Crippen LogP contribution in [0.4, 0.5) is 13.2 Å². The molecule has 1 atom stereocenters. The predicted octanol–water partition coefficient (Wildman–Crippen LogP) is 3.67. The van der Waals surface area contributed by atoms with Gasteiger partial charge in [-0.1, -0.05) is 0 Å². The average molecular weight is 468 g/mol. The first-order chi connectivity index (χ1) is 13.5. The van der Waals surface area contributed by atoms with E-state index in [1.165, 1.54) is 11.6 Å². The Morgan fingerprint density at radius 2 is 2.10 bits per heavy atom. The summed E-state index contributed by atoms with van der Waals surface area (Å²) in [6.45, 7) is 1.42. The summed E-state index contributed by atoms with van der Waals surface area (Å²) in [4.78, 5) is 15.9. The van der Waals surface area contributed by atoms with Gasteiger partial charge in [0.15, 0.2) is 0 Å². The molecule has 1 unspecified atom stereocenters. The van der Waals surface area contributed by atoms with Gasteiger partial charge in [0.2, 0.25) is 5.91 Å². The Kier molecular flexibility index (Phi) is 5.23. The van der Waals surface area contributed by atoms with E-state index in [2.05, 4.69) is 36.8 Å². The third kappa shape index (κ3) is 4.32. The van der Waals surface area contributed by atoms with E-state index in [9.17, 15) is 23.2 Å². The van der Waals surface area contributed by atoms with Crippen LogP contribution in [0.1, 0.15) is 22.8 Å². The van der Waals surface area contributed by atoms with Crippen molar-refractivity contribution >= 4 is 32.7 Å². The van der Waals surface area contributed by atoms with Crippen molar-refractivity contribution in [2.24, 2.45) is 5.73 Å². The number of pyridine rings is 1. The van der Waals surface area contributed by atoms with Gasteiger partial charge in [0.1, 0.15) is 15.9 Å². The minimum atomic E-state index is -4.92. The van der Waals surface area contributed by atoms with Gasteiger partial charge in [-0.25, -0.2) is 4.98 Å². The minimum Gasteiger partial charge on any atom is -0.406 e. The second kappa shape index (κ2) is 7.36. The zero-order valence-electron chi connectivity index (χ0n) is 14.9. The van der Waals surface area contributed by atoms with Crippen LogP contribution in [0.5, 0.6) is 5.75 Å². The largest absolute Gasteiger partial charge is 0.573 e. The third-order valence-corrected chi connectivity index (χ3v) is 4.82. The van der Waals surface area contributed by atoms with Crippen molar-refractivity contribution in [2.75, 3.05) is 0 Å². The van der Waals surface area contributed by atoms with Crippen molar-refractivity contribution < 1.29 is 22.7 Å². The maximum atomic E-state index is 12.6. The zero-order valence-corrected chi connectivity index (χ0v) is 16.5. The molecule has 2 heterocycles. The van der Waals surface area contributed by atoms with Crippen LogP contribution < -0.4 is 10.5 Å². The number of benzene rings is 1. The Bertz CT molecular complexity index is 1140. The van der Waals surface area contributed by atoms with Crippen LogP contribution in [0.2, 0.25) is 0 Å². The summed E-state index contributed by atoms with van der Waals surface area (Å²) in [5, 5.41) is 14.9. The number of nitriles is 1. The Morgan fingerprint density at radius 3 is 2.69 bits per heavy atom. The Labute approximate surface area is 171 Å². The highest BCUT2D eigenvalue weighted by atomic mass is 79.9. The topological polar surface area (TPSA) is 107 Å². The molecule has 7 nitrogen and oxygen atoms in total. The molecule has 2 aromatic heterocycles. The summed E-state index contributed by atoms with van der Waals surface area (Å²) < 4.78 is 43.7. The second-order valence-electron chi connectivity index (χ2n) is 6.43. The molecule has 3 aromatic rings. The van der Waals surface area contributed by atoms with E-state index in [-0.39, 0.29) is 17.7 Å². The summed E-state index contributed by atoms with van der Waals surface area (Å²) in [5.74, 6) is -1.44. The van der Waals surface area contributed by atoms with E-state index in [0.717, 1.165) is 23.6 Å². The van der Waals surface area contributed by atoms with E-state index in [1.807, 2.05) is 0 Å². The lowest BCUT2D eigenvalue weighted by Crippen LogP contribution is -2.30. The molecule has 0 aliphatic heterocycles. The van der Waals surface area contributed by atoms with Gasteiger partial charge >= 0.3 is 6.36 Å². The first-order valence-electron chi connectivity index (χ1n) is 8.11. The number of nitrogens with two attached hydrogens (primary N) is 1. The quantitative estimate of drug-likeness (QED) is 0.576. The fourth-order valence-corrected chi connectivity index (χ4v) is 3.37. The minimum absolute atomic E-state index is 0.00555. The molecule has 1 aromatic carbocycles. The smallest absolute Gasteiger partial charge is 0.406 e. The van der Waals surface area contributed by atoms with Crippen molar-refractivity contribution in [3.05, 3.63) is 52.4 Å². The van der Waals surface area contributed by atoms with Gasteiger partial charge in [-0.15, -0.1) is 13.2 Å². The number of fused-ring (bicyclic) bond motifs is 1. The summed E-state index contributed by atoms with van der Waals surface area (Å²) in [6, 6.07) is 6.85. The van der Waals surface area contributed by atoms with Crippen LogP contribution in [0.15, 0.2) is 41.3 Å². The number of alkyl halides is 3. The predicted molar refractivity (Wildman–Crippen MR) is 99.8 cm³/mol. The molecular formula is C18H13BrF3N5O2. The van der Waals surface area contributed by atoms with Gasteiger partial charge in [0.25, 0.3) is 0 Å². The molecule has 0 bridgehead atoms. The zero-order chi connectivity index (χ0) is 21.4. The Morgan fingerprint density at radius 1 is 1.38 bits per heavy atom. The van der Waals surface area contributed by atoms with Crippen LogP contribution >= 0.6 is 15.9 Å². The highest BCUT2D eigenvalue weighted by Crippen LogP contribution is 2.34. The van der Waals surface area contributed by atoms with Crippen LogP contribution in [0.3, 0.4) is 0 Å². The summed E-state index contributed by atoms with van der Waals surface area (Å²) in [5.41, 5.74) is 4.41. The molecule has 0 saturated carbocycles. The lowest BCUT2D eigenvalue weighted by Gasteiger charge is -2.25. The molecule has 0 spiro atoms. The molecule has 150 valence electrons. The summed E-state index contributed by atoms with van der Waals surface area (Å²) in [7, 11) is 0. The van der Waals surface area contributed by atoms with Crippen LogP contribution in [-0.4, -0.2) is 27.0 Å². The van der Waals surface area contributed by atoms with Gasteiger partial charge in [-0.2, -0.15) is 10.4 Å². The number of nitrogens with zero attached hydrogens (tertiary/aromatic N) is 4. The monoisotopic (exact) mass is 467 g/mol. The van der Waals surface area contributed by atoms with Crippen molar-refractivity contribution in [1.82, 2.24) is 14.8 Å². The number of ether oxygens (including phenoxy) is 1. The number of carbonyl (C=O) groups is 1. The molecule has 0 aliphatic carbocycles. The van der Waals surface area contributed by atoms with E-state index < -0.39 is 23.4 Å². The van der Waals surface area contributed by atoms with Crippen molar-refractivity contribution in [3.8, 4) is 11.8 Å². The first kappa shape index (κ1) is 20.6. The van der Waals surface area contributed by atoms with Crippen molar-refractivity contribution in [2.45, 2.75) is 25.2 Å². The van der Waals surface area contributed by atoms with Crippen molar-refractivity contribution in [1.29, 1.82) is 5.26 Å². The molecule has 0 aliphatic rings. The molecule has 0 radical (unpaired) electrons. The number of amides is 1. The molecule has 1 amide bonds. The first-order valence-corrected chi connectivity index (χ1v) is 8.91. The normalized spacial score (nSPS) is 13.7. The fraction of sp³-hybridized carbons (Fsp3) is 0.222. The molecule has 2 N–H and O–H groups in total. The number of hydrogen-bond donors (Lipinski definition) is 1. The van der Waals surface area contributed by atoms with E-state index in [1.54, 1.807) is 18.5 Å². The fourth-order valence-electron chi connectivity index (χ4n) is 2.94. The highest BCUT2D eigenvalue weighted by molar-refractivity contribution is 9.10. The van der Waals surface area contributed by atoms with Crippen LogP contribution in [-0.2, 0) is 12.0 Å². The van der Waals surface area contributed by atoms with Crippen LogP contribution in [0.25, 0.3) is 10.9 Å². The standard InChI is InChI=1S/C18H13BrF3N5O2/c1-17(8-23,9-27-7-10-4-5-25-15(19)14(10)26-27)13-6-11(29-18(20,21)22)2-3-12(13)16(24)28/h2-7H,9H2,1H3,(H2,24,28). The lowest BCUT2D eigenvalue weighted by molar-refractivity contribution is -0.274. The van der Waals surface area contributed by atoms with Crippen LogP contribution in [0, 0.1) is 11.3 Å². The summed E-state index contributed by atoms with van der Waals surface area (Å²) >= 11 is 3.28. The van der Waals surface area contributed by atoms with Gasteiger partial charge in [-0.3, -0.25) is 9.48 Å². The maximum Gasteiger partial charge on any atom is 0.573 e. The number of aromatic nitrogens is 3. The number of primary amides is 1. The van der Waals surface area contributed by atoms with E-state index in [0.29, 0.717) is 10.1 Å². The number of hydrogen-bond acceptors (Lipinski definition) is 5. The number of rotatable bonds is 5. The molecular weight excluding hydrogens is 455 g/mol. The molecule has 29 heavy (non-hydrogen) atoms. The number of halogens is 4. The SMILES string of the molecule is CC(C#N)(Cn1cc2ccnc(Br)c2n1)c1cc(OC(F)(F)F)ccc1C(N)=O. The number of carbonyl (C=O) groups excluding carboxylic acids is 1. The molecule has 0 saturated heterocycles. The lowest BCUT2D eigenvalue weighted by atomic mass is 9.80.